The van der Waals surface area contributed by atoms with Crippen LogP contribution in [0.3, 0.4) is 0 Å². The number of nitrogens with one attached hydrogen (secondary N) is 1. The molecule has 1 aromatic carbocycles. The third-order valence-corrected chi connectivity index (χ3v) is 3.32. The number of sulfonamides is 1. The molecule has 0 saturated carbocycles. The highest BCUT2D eigenvalue weighted by Gasteiger charge is 2.20. The zero-order valence-electron chi connectivity index (χ0n) is 11.0. The summed E-state index contributed by atoms with van der Waals surface area (Å²) in [5.74, 6) is 1.98. The molecule has 0 bridgehead atoms. The van der Waals surface area contributed by atoms with Gasteiger partial charge in [0.1, 0.15) is 0 Å². The maximum absolute atomic E-state index is 12.0. The number of carbonyl (C=O) groups excluding carboxylic acids is 1. The van der Waals surface area contributed by atoms with Crippen molar-refractivity contribution in [1.29, 1.82) is 0 Å². The molecule has 102 valence electrons. The number of carbonyl (C=O) groups is 1. The van der Waals surface area contributed by atoms with Crippen LogP contribution in [0.2, 0.25) is 0 Å². The highest BCUT2D eigenvalue weighted by Crippen LogP contribution is 2.14. The predicted octanol–water partition coefficient (Wildman–Crippen LogP) is 0.784. The Balaban J connectivity index is 3.20. The number of nitrogens with two attached hydrogens (primary N) is 1. The molecule has 0 saturated heterocycles. The van der Waals surface area contributed by atoms with E-state index in [-0.39, 0.29) is 10.5 Å². The fourth-order valence-corrected chi connectivity index (χ4v) is 2.08. The van der Waals surface area contributed by atoms with Crippen LogP contribution >= 0.6 is 0 Å². The summed E-state index contributed by atoms with van der Waals surface area (Å²) in [4.78, 5) is 11.9. The van der Waals surface area contributed by atoms with Crippen molar-refractivity contribution in [2.45, 2.75) is 31.2 Å². The summed E-state index contributed by atoms with van der Waals surface area (Å²) in [6.45, 7) is 5.01. The molecule has 0 fully saturated rings. The van der Waals surface area contributed by atoms with Crippen LogP contribution in [0.1, 0.15) is 29.8 Å². The summed E-state index contributed by atoms with van der Waals surface area (Å²) in [5, 5.41) is 7.67. The minimum atomic E-state index is -3.85. The number of amides is 1. The van der Waals surface area contributed by atoms with Crippen molar-refractivity contribution in [3.63, 3.8) is 0 Å². The topological polar surface area (TPSA) is 89.3 Å². The first-order valence-electron chi connectivity index (χ1n) is 5.50. The van der Waals surface area contributed by atoms with Crippen LogP contribution in [0.15, 0.2) is 23.1 Å². The molecule has 6 heteroatoms. The molecular formula is C13H16N2O3S. The summed E-state index contributed by atoms with van der Waals surface area (Å²) in [7, 11) is -3.85. The number of aryl methyl sites for hydroxylation is 1. The Labute approximate surface area is 113 Å². The molecule has 0 radical (unpaired) electrons. The Morgan fingerprint density at radius 2 is 1.95 bits per heavy atom. The van der Waals surface area contributed by atoms with Crippen molar-refractivity contribution < 1.29 is 13.2 Å². The van der Waals surface area contributed by atoms with Crippen molar-refractivity contribution in [3.05, 3.63) is 29.3 Å². The first-order chi connectivity index (χ1) is 8.55. The van der Waals surface area contributed by atoms with Gasteiger partial charge in [-0.2, -0.15) is 0 Å². The standard InChI is InChI=1S/C13H16N2O3S/c1-5-13(3,4)15-12(16)10-6-9(2)7-11(8-10)19(14,17)18/h1,6-8H,2-4H3,(H,15,16)(H2,14,17,18). The SMILES string of the molecule is C#CC(C)(C)NC(=O)c1cc(C)cc(S(N)(=O)=O)c1. The summed E-state index contributed by atoms with van der Waals surface area (Å²) >= 11 is 0. The molecule has 3 N–H and O–H groups in total. The molecule has 5 nitrogen and oxygen atoms in total. The molecule has 1 amide bonds. The van der Waals surface area contributed by atoms with Gasteiger partial charge >= 0.3 is 0 Å². The highest BCUT2D eigenvalue weighted by molar-refractivity contribution is 7.89. The van der Waals surface area contributed by atoms with Crippen LogP contribution in [0, 0.1) is 19.3 Å². The molecule has 0 aliphatic rings. The molecular weight excluding hydrogens is 264 g/mol. The number of benzene rings is 1. The van der Waals surface area contributed by atoms with Crippen molar-refractivity contribution in [3.8, 4) is 12.3 Å². The lowest BCUT2D eigenvalue weighted by Gasteiger charge is -2.19. The van der Waals surface area contributed by atoms with Gasteiger partial charge < -0.3 is 5.32 Å². The number of primary sulfonamides is 1. The second-order valence-electron chi connectivity index (χ2n) is 4.80. The van der Waals surface area contributed by atoms with E-state index in [1.165, 1.54) is 12.1 Å². The number of rotatable bonds is 3. The lowest BCUT2D eigenvalue weighted by atomic mass is 10.1. The maximum Gasteiger partial charge on any atom is 0.252 e. The average Bonchev–Trinajstić information content (AvgIpc) is 2.26. The fourth-order valence-electron chi connectivity index (χ4n) is 1.44. The van der Waals surface area contributed by atoms with E-state index >= 15 is 0 Å². The number of hydrogen-bond acceptors (Lipinski definition) is 3. The molecule has 0 heterocycles. The van der Waals surface area contributed by atoms with Crippen LogP contribution in [0.4, 0.5) is 0 Å². The Morgan fingerprint density at radius 3 is 2.42 bits per heavy atom. The zero-order valence-corrected chi connectivity index (χ0v) is 11.8. The Morgan fingerprint density at radius 1 is 1.37 bits per heavy atom. The van der Waals surface area contributed by atoms with Crippen molar-refractivity contribution in [2.24, 2.45) is 5.14 Å². The monoisotopic (exact) mass is 280 g/mol. The van der Waals surface area contributed by atoms with Gasteiger partial charge in [0.05, 0.1) is 10.4 Å². The van der Waals surface area contributed by atoms with Gasteiger partial charge in [-0.05, 0) is 44.5 Å². The third-order valence-electron chi connectivity index (χ3n) is 2.43. The van der Waals surface area contributed by atoms with E-state index in [1.54, 1.807) is 26.8 Å². The number of terminal acetylenes is 1. The van der Waals surface area contributed by atoms with E-state index in [0.29, 0.717) is 5.56 Å². The molecule has 1 aromatic rings. The van der Waals surface area contributed by atoms with Gasteiger partial charge in [-0.25, -0.2) is 13.6 Å². The summed E-state index contributed by atoms with van der Waals surface area (Å²) < 4.78 is 22.6. The third kappa shape index (κ3) is 4.09. The van der Waals surface area contributed by atoms with E-state index in [2.05, 4.69) is 11.2 Å². The van der Waals surface area contributed by atoms with Crippen molar-refractivity contribution in [2.75, 3.05) is 0 Å². The Hall–Kier alpha value is -1.84. The molecule has 1 rings (SSSR count). The lowest BCUT2D eigenvalue weighted by molar-refractivity contribution is 0.0929. The summed E-state index contributed by atoms with van der Waals surface area (Å²) in [5.41, 5.74) is 0.00491. The van der Waals surface area contributed by atoms with Crippen molar-refractivity contribution >= 4 is 15.9 Å². The van der Waals surface area contributed by atoms with Crippen LogP contribution in [0.25, 0.3) is 0 Å². The van der Waals surface area contributed by atoms with Gasteiger partial charge in [0.2, 0.25) is 10.0 Å². The van der Waals surface area contributed by atoms with Crippen molar-refractivity contribution in [1.82, 2.24) is 5.32 Å². The van der Waals surface area contributed by atoms with Crippen LogP contribution < -0.4 is 10.5 Å². The van der Waals surface area contributed by atoms with E-state index in [1.807, 2.05) is 0 Å². The summed E-state index contributed by atoms with van der Waals surface area (Å²) in [6.07, 6.45) is 5.28. The lowest BCUT2D eigenvalue weighted by Crippen LogP contribution is -2.42. The quantitative estimate of drug-likeness (QED) is 0.802. The smallest absolute Gasteiger partial charge is 0.252 e. The minimum Gasteiger partial charge on any atom is -0.336 e. The maximum atomic E-state index is 12.0. The first kappa shape index (κ1) is 15.2. The summed E-state index contributed by atoms with van der Waals surface area (Å²) in [6, 6.07) is 4.19. The molecule has 0 aromatic heterocycles. The minimum absolute atomic E-state index is 0.101. The second-order valence-corrected chi connectivity index (χ2v) is 6.36. The van der Waals surface area contributed by atoms with Gasteiger partial charge in [0.25, 0.3) is 5.91 Å². The van der Waals surface area contributed by atoms with E-state index < -0.39 is 21.5 Å². The molecule has 0 aliphatic heterocycles. The van der Waals surface area contributed by atoms with Crippen LogP contribution in [0.5, 0.6) is 0 Å². The molecule has 0 unspecified atom stereocenters. The molecule has 0 aliphatic carbocycles. The normalized spacial score (nSPS) is 11.7. The average molecular weight is 280 g/mol. The molecule has 19 heavy (non-hydrogen) atoms. The second kappa shape index (κ2) is 5.03. The van der Waals surface area contributed by atoms with Gasteiger partial charge in [-0.15, -0.1) is 6.42 Å². The van der Waals surface area contributed by atoms with Gasteiger partial charge in [0.15, 0.2) is 0 Å². The van der Waals surface area contributed by atoms with E-state index in [0.717, 1.165) is 0 Å². The highest BCUT2D eigenvalue weighted by atomic mass is 32.2. The number of hydrogen-bond donors (Lipinski definition) is 2. The van der Waals surface area contributed by atoms with Crippen LogP contribution in [-0.4, -0.2) is 19.9 Å². The Bertz CT molecular complexity index is 655. The van der Waals surface area contributed by atoms with Gasteiger partial charge in [-0.1, -0.05) is 5.92 Å². The van der Waals surface area contributed by atoms with E-state index in [9.17, 15) is 13.2 Å². The predicted molar refractivity (Wildman–Crippen MR) is 72.9 cm³/mol. The molecule has 0 atom stereocenters. The first-order valence-corrected chi connectivity index (χ1v) is 7.04. The Kier molecular flexibility index (Phi) is 4.03. The fraction of sp³-hybridized carbons (Fsp3) is 0.308. The van der Waals surface area contributed by atoms with Crippen LogP contribution in [-0.2, 0) is 10.0 Å². The van der Waals surface area contributed by atoms with E-state index in [4.69, 9.17) is 11.6 Å². The zero-order chi connectivity index (χ0) is 14.8. The molecule has 0 spiro atoms. The largest absolute Gasteiger partial charge is 0.336 e. The van der Waals surface area contributed by atoms with Gasteiger partial charge in [-0.3, -0.25) is 4.79 Å². The van der Waals surface area contributed by atoms with Gasteiger partial charge in [0, 0.05) is 5.56 Å².